The van der Waals surface area contributed by atoms with Crippen molar-refractivity contribution in [3.05, 3.63) is 0 Å². The van der Waals surface area contributed by atoms with Gasteiger partial charge in [0.25, 0.3) is 5.91 Å². The summed E-state index contributed by atoms with van der Waals surface area (Å²) in [4.78, 5) is 13.0. The summed E-state index contributed by atoms with van der Waals surface area (Å²) in [5, 5.41) is 3.16. The number of nitrogens with one attached hydrogen (secondary N) is 1. The number of carbonyl (C=O) groups excluding carboxylic acids is 1. The molecule has 5 heteroatoms. The summed E-state index contributed by atoms with van der Waals surface area (Å²) < 4.78 is 5.37. The van der Waals surface area contributed by atoms with Gasteiger partial charge in [0.15, 0.2) is 0 Å². The van der Waals surface area contributed by atoms with E-state index in [-0.39, 0.29) is 24.4 Å². The van der Waals surface area contributed by atoms with E-state index in [0.29, 0.717) is 13.2 Å². The standard InChI is InChI=1S/C8H16N2O2.ClH/c1-10(2)8(11)7-6-9-4-3-5-12-7;/h7,9H,3-6H2,1-2H3;1H. The SMILES string of the molecule is CN(C)C(=O)C1CNCCCO1.Cl. The molecule has 1 N–H and O–H groups in total. The van der Waals surface area contributed by atoms with E-state index >= 15 is 0 Å². The molecule has 0 aromatic heterocycles. The minimum Gasteiger partial charge on any atom is -0.367 e. The van der Waals surface area contributed by atoms with Gasteiger partial charge in [-0.25, -0.2) is 0 Å². The third kappa shape index (κ3) is 3.93. The topological polar surface area (TPSA) is 41.6 Å². The van der Waals surface area contributed by atoms with Gasteiger partial charge in [0.05, 0.1) is 0 Å². The fourth-order valence-corrected chi connectivity index (χ4v) is 1.16. The molecule has 1 saturated heterocycles. The summed E-state index contributed by atoms with van der Waals surface area (Å²) in [6.07, 6.45) is 0.694. The molecule has 0 aromatic rings. The first-order valence-corrected chi connectivity index (χ1v) is 4.25. The molecule has 1 aliphatic heterocycles. The molecule has 1 rings (SSSR count). The van der Waals surface area contributed by atoms with Gasteiger partial charge in [0.1, 0.15) is 6.10 Å². The highest BCUT2D eigenvalue weighted by atomic mass is 35.5. The lowest BCUT2D eigenvalue weighted by Crippen LogP contribution is -2.40. The van der Waals surface area contributed by atoms with E-state index < -0.39 is 0 Å². The molecule has 1 amide bonds. The Kier molecular flexibility index (Phi) is 6.03. The molecule has 1 atom stereocenters. The average molecular weight is 209 g/mol. The second kappa shape index (κ2) is 6.18. The maximum atomic E-state index is 11.4. The summed E-state index contributed by atoms with van der Waals surface area (Å²) in [5.74, 6) is 0.0457. The Morgan fingerprint density at radius 3 is 2.85 bits per heavy atom. The normalized spacial score (nSPS) is 22.8. The van der Waals surface area contributed by atoms with Crippen molar-refractivity contribution in [3.8, 4) is 0 Å². The zero-order valence-corrected chi connectivity index (χ0v) is 8.89. The first-order chi connectivity index (χ1) is 5.72. The number of amides is 1. The second-order valence-corrected chi connectivity index (χ2v) is 3.15. The van der Waals surface area contributed by atoms with E-state index in [9.17, 15) is 4.79 Å². The van der Waals surface area contributed by atoms with Crippen LogP contribution in [-0.2, 0) is 9.53 Å². The Bertz CT molecular complexity index is 156. The van der Waals surface area contributed by atoms with E-state index in [1.165, 1.54) is 0 Å². The van der Waals surface area contributed by atoms with Crippen molar-refractivity contribution in [3.63, 3.8) is 0 Å². The lowest BCUT2D eigenvalue weighted by molar-refractivity contribution is -0.140. The van der Waals surface area contributed by atoms with Gasteiger partial charge in [-0.05, 0) is 13.0 Å². The highest BCUT2D eigenvalue weighted by molar-refractivity contribution is 5.85. The highest BCUT2D eigenvalue weighted by Crippen LogP contribution is 2.00. The highest BCUT2D eigenvalue weighted by Gasteiger charge is 2.21. The van der Waals surface area contributed by atoms with Gasteiger partial charge in [-0.15, -0.1) is 12.4 Å². The monoisotopic (exact) mass is 208 g/mol. The summed E-state index contributed by atoms with van der Waals surface area (Å²) in [5.41, 5.74) is 0. The molecule has 0 aliphatic carbocycles. The predicted molar refractivity (Wildman–Crippen MR) is 53.2 cm³/mol. The number of halogens is 1. The zero-order chi connectivity index (χ0) is 8.97. The molecular weight excluding hydrogens is 192 g/mol. The van der Waals surface area contributed by atoms with Gasteiger partial charge in [-0.1, -0.05) is 0 Å². The molecule has 0 saturated carbocycles. The van der Waals surface area contributed by atoms with E-state index in [4.69, 9.17) is 4.74 Å². The third-order valence-electron chi connectivity index (χ3n) is 1.86. The number of likely N-dealkylation sites (N-methyl/N-ethyl adjacent to an activating group) is 1. The Morgan fingerprint density at radius 2 is 2.23 bits per heavy atom. The van der Waals surface area contributed by atoms with Crippen LogP contribution < -0.4 is 5.32 Å². The van der Waals surface area contributed by atoms with Gasteiger partial charge < -0.3 is 15.0 Å². The first-order valence-electron chi connectivity index (χ1n) is 4.25. The lowest BCUT2D eigenvalue weighted by Gasteiger charge is -2.18. The van der Waals surface area contributed by atoms with Crippen LogP contribution in [0.15, 0.2) is 0 Å². The van der Waals surface area contributed by atoms with Crippen LogP contribution >= 0.6 is 12.4 Å². The molecule has 13 heavy (non-hydrogen) atoms. The molecule has 1 fully saturated rings. The Labute approximate surface area is 85.0 Å². The fraction of sp³-hybridized carbons (Fsp3) is 0.875. The predicted octanol–water partition coefficient (Wildman–Crippen LogP) is -0.125. The number of nitrogens with zero attached hydrogens (tertiary/aromatic N) is 1. The lowest BCUT2D eigenvalue weighted by atomic mass is 10.3. The van der Waals surface area contributed by atoms with Crippen molar-refractivity contribution < 1.29 is 9.53 Å². The Balaban J connectivity index is 0.00000144. The van der Waals surface area contributed by atoms with Crippen LogP contribution in [0.3, 0.4) is 0 Å². The number of carbonyl (C=O) groups is 1. The Hall–Kier alpha value is -0.320. The van der Waals surface area contributed by atoms with Crippen molar-refractivity contribution in [2.45, 2.75) is 12.5 Å². The van der Waals surface area contributed by atoms with Crippen molar-refractivity contribution in [2.75, 3.05) is 33.8 Å². The maximum Gasteiger partial charge on any atom is 0.252 e. The van der Waals surface area contributed by atoms with Crippen LogP contribution in [0.5, 0.6) is 0 Å². The Morgan fingerprint density at radius 1 is 1.54 bits per heavy atom. The summed E-state index contributed by atoms with van der Waals surface area (Å²) in [7, 11) is 3.49. The van der Waals surface area contributed by atoms with E-state index in [2.05, 4.69) is 5.32 Å². The molecule has 0 aromatic carbocycles. The smallest absolute Gasteiger partial charge is 0.252 e. The molecule has 4 nitrogen and oxygen atoms in total. The van der Waals surface area contributed by atoms with Crippen LogP contribution in [0, 0.1) is 0 Å². The van der Waals surface area contributed by atoms with Gasteiger partial charge in [0, 0.05) is 27.2 Å². The van der Waals surface area contributed by atoms with Crippen molar-refractivity contribution in [1.29, 1.82) is 0 Å². The van der Waals surface area contributed by atoms with E-state index in [0.717, 1.165) is 13.0 Å². The molecule has 1 aliphatic rings. The van der Waals surface area contributed by atoms with E-state index in [1.807, 2.05) is 0 Å². The van der Waals surface area contributed by atoms with Crippen molar-refractivity contribution in [1.82, 2.24) is 10.2 Å². The van der Waals surface area contributed by atoms with E-state index in [1.54, 1.807) is 19.0 Å². The van der Waals surface area contributed by atoms with Crippen LogP contribution in [0.2, 0.25) is 0 Å². The van der Waals surface area contributed by atoms with Gasteiger partial charge >= 0.3 is 0 Å². The second-order valence-electron chi connectivity index (χ2n) is 3.15. The van der Waals surface area contributed by atoms with Crippen LogP contribution in [0.1, 0.15) is 6.42 Å². The fourth-order valence-electron chi connectivity index (χ4n) is 1.16. The van der Waals surface area contributed by atoms with Gasteiger partial charge in [-0.3, -0.25) is 4.79 Å². The molecule has 1 unspecified atom stereocenters. The number of rotatable bonds is 1. The van der Waals surface area contributed by atoms with Crippen LogP contribution in [0.4, 0.5) is 0 Å². The minimum absolute atomic E-state index is 0. The van der Waals surface area contributed by atoms with Crippen LogP contribution in [0.25, 0.3) is 0 Å². The molecular formula is C8H17ClN2O2. The van der Waals surface area contributed by atoms with Crippen molar-refractivity contribution in [2.24, 2.45) is 0 Å². The number of hydrogen-bond acceptors (Lipinski definition) is 3. The largest absolute Gasteiger partial charge is 0.367 e. The molecule has 78 valence electrons. The van der Waals surface area contributed by atoms with Gasteiger partial charge in [-0.2, -0.15) is 0 Å². The van der Waals surface area contributed by atoms with Crippen LogP contribution in [-0.4, -0.2) is 50.7 Å². The molecule has 1 heterocycles. The zero-order valence-electron chi connectivity index (χ0n) is 8.08. The summed E-state index contributed by atoms with van der Waals surface area (Å²) in [6.45, 7) is 2.26. The third-order valence-corrected chi connectivity index (χ3v) is 1.86. The van der Waals surface area contributed by atoms with Gasteiger partial charge in [0.2, 0.25) is 0 Å². The molecule has 0 bridgehead atoms. The molecule has 0 radical (unpaired) electrons. The average Bonchev–Trinajstić information content (AvgIpc) is 2.30. The number of ether oxygens (including phenoxy) is 1. The van der Waals surface area contributed by atoms with Crippen molar-refractivity contribution >= 4 is 18.3 Å². The quantitative estimate of drug-likeness (QED) is 0.653. The summed E-state index contributed by atoms with van der Waals surface area (Å²) >= 11 is 0. The minimum atomic E-state index is -0.289. The molecule has 0 spiro atoms. The summed E-state index contributed by atoms with van der Waals surface area (Å²) in [6, 6.07) is 0. The first kappa shape index (κ1) is 12.7. The number of hydrogen-bond donors (Lipinski definition) is 1. The maximum absolute atomic E-state index is 11.4.